The van der Waals surface area contributed by atoms with Crippen molar-refractivity contribution in [3.8, 4) is 0 Å². The van der Waals surface area contributed by atoms with Gasteiger partial charge >= 0.3 is 0 Å². The summed E-state index contributed by atoms with van der Waals surface area (Å²) in [5, 5.41) is 6.43. The number of nitrogens with zero attached hydrogens (tertiary/aromatic N) is 1. The van der Waals surface area contributed by atoms with Gasteiger partial charge in [-0.3, -0.25) is 4.79 Å². The van der Waals surface area contributed by atoms with Gasteiger partial charge in [-0.1, -0.05) is 35.9 Å². The van der Waals surface area contributed by atoms with Gasteiger partial charge in [-0.2, -0.15) is 0 Å². The number of nitrogens with one attached hydrogen (secondary N) is 2. The maximum atomic E-state index is 13.5. The van der Waals surface area contributed by atoms with E-state index >= 15 is 0 Å². The van der Waals surface area contributed by atoms with Crippen molar-refractivity contribution >= 4 is 28.9 Å². The van der Waals surface area contributed by atoms with Crippen LogP contribution in [0.2, 0.25) is 5.02 Å². The molecule has 0 aliphatic heterocycles. The van der Waals surface area contributed by atoms with Crippen LogP contribution in [0, 0.1) is 5.82 Å². The van der Waals surface area contributed by atoms with Crippen molar-refractivity contribution in [1.29, 1.82) is 0 Å². The molecular formula is C19H15ClFN3O. The van der Waals surface area contributed by atoms with Crippen LogP contribution in [0.4, 0.5) is 15.8 Å². The minimum atomic E-state index is -0.363. The smallest absolute Gasteiger partial charge is 0.270 e. The first-order valence-corrected chi connectivity index (χ1v) is 8.00. The van der Waals surface area contributed by atoms with Gasteiger partial charge in [-0.25, -0.2) is 9.37 Å². The molecule has 1 heterocycles. The van der Waals surface area contributed by atoms with Crippen molar-refractivity contribution in [1.82, 2.24) is 10.3 Å². The molecule has 0 radical (unpaired) electrons. The Hall–Kier alpha value is -2.92. The number of pyridine rings is 1. The van der Waals surface area contributed by atoms with Crippen molar-refractivity contribution < 1.29 is 9.18 Å². The zero-order valence-electron chi connectivity index (χ0n) is 13.2. The van der Waals surface area contributed by atoms with Crippen molar-refractivity contribution in [2.45, 2.75) is 6.54 Å². The Balaban J connectivity index is 1.61. The van der Waals surface area contributed by atoms with Crippen LogP contribution in [0.25, 0.3) is 0 Å². The molecule has 0 unspecified atom stereocenters. The lowest BCUT2D eigenvalue weighted by atomic mass is 10.2. The molecule has 0 aliphatic rings. The molecule has 1 amide bonds. The van der Waals surface area contributed by atoms with E-state index in [1.165, 1.54) is 6.07 Å². The van der Waals surface area contributed by atoms with Crippen LogP contribution in [-0.4, -0.2) is 10.9 Å². The van der Waals surface area contributed by atoms with E-state index in [9.17, 15) is 9.18 Å². The van der Waals surface area contributed by atoms with E-state index in [1.54, 1.807) is 48.7 Å². The van der Waals surface area contributed by atoms with Gasteiger partial charge in [0.2, 0.25) is 0 Å². The summed E-state index contributed by atoms with van der Waals surface area (Å²) in [6, 6.07) is 16.9. The molecule has 2 N–H and O–H groups in total. The molecular weight excluding hydrogens is 341 g/mol. The third kappa shape index (κ3) is 4.55. The Bertz CT molecular complexity index is 884. The quantitative estimate of drug-likeness (QED) is 0.706. The third-order valence-corrected chi connectivity index (χ3v) is 3.74. The maximum Gasteiger partial charge on any atom is 0.270 e. The lowest BCUT2D eigenvalue weighted by Crippen LogP contribution is -2.24. The van der Waals surface area contributed by atoms with Crippen molar-refractivity contribution in [3.63, 3.8) is 0 Å². The summed E-state index contributed by atoms with van der Waals surface area (Å²) in [6.45, 7) is 0.107. The highest BCUT2D eigenvalue weighted by atomic mass is 35.5. The molecule has 126 valence electrons. The fourth-order valence-corrected chi connectivity index (χ4v) is 2.43. The predicted octanol–water partition coefficient (Wildman–Crippen LogP) is 4.55. The molecule has 1 aromatic heterocycles. The van der Waals surface area contributed by atoms with Crippen molar-refractivity contribution in [3.05, 3.63) is 89.0 Å². The average Bonchev–Trinajstić information content (AvgIpc) is 2.61. The number of carbonyl (C=O) groups is 1. The normalized spacial score (nSPS) is 10.3. The highest BCUT2D eigenvalue weighted by molar-refractivity contribution is 6.30. The van der Waals surface area contributed by atoms with Gasteiger partial charge in [0.05, 0.1) is 11.9 Å². The van der Waals surface area contributed by atoms with Crippen LogP contribution >= 0.6 is 11.6 Å². The van der Waals surface area contributed by atoms with Crippen molar-refractivity contribution in [2.75, 3.05) is 5.32 Å². The van der Waals surface area contributed by atoms with Gasteiger partial charge in [-0.05, 0) is 36.4 Å². The highest BCUT2D eigenvalue weighted by Crippen LogP contribution is 2.19. The standard InChI is InChI=1S/C19H15ClFN3O/c20-14-5-3-6-15(10-14)24-16-8-9-18(22-12-16)19(25)23-11-13-4-1-2-7-17(13)21/h1-10,12,24H,11H2,(H,23,25). The van der Waals surface area contributed by atoms with Gasteiger partial charge < -0.3 is 10.6 Å². The Kier molecular flexibility index (Phi) is 5.26. The van der Waals surface area contributed by atoms with Crippen LogP contribution in [0.1, 0.15) is 16.1 Å². The van der Waals surface area contributed by atoms with Gasteiger partial charge in [0.15, 0.2) is 0 Å². The van der Waals surface area contributed by atoms with Gasteiger partial charge in [0.1, 0.15) is 11.5 Å². The summed E-state index contributed by atoms with van der Waals surface area (Å²) in [5.74, 6) is -0.714. The molecule has 0 saturated carbocycles. The van der Waals surface area contributed by atoms with Gasteiger partial charge in [0, 0.05) is 22.8 Å². The number of anilines is 2. The summed E-state index contributed by atoms with van der Waals surface area (Å²) >= 11 is 5.94. The minimum Gasteiger partial charge on any atom is -0.354 e. The molecule has 2 aromatic carbocycles. The maximum absolute atomic E-state index is 13.5. The van der Waals surface area contributed by atoms with E-state index in [2.05, 4.69) is 15.6 Å². The van der Waals surface area contributed by atoms with E-state index in [-0.39, 0.29) is 24.0 Å². The topological polar surface area (TPSA) is 54.0 Å². The molecule has 6 heteroatoms. The van der Waals surface area contributed by atoms with E-state index in [4.69, 9.17) is 11.6 Å². The molecule has 0 atom stereocenters. The summed E-state index contributed by atoms with van der Waals surface area (Å²) < 4.78 is 13.5. The van der Waals surface area contributed by atoms with E-state index in [0.29, 0.717) is 10.6 Å². The Morgan fingerprint density at radius 2 is 1.88 bits per heavy atom. The van der Waals surface area contributed by atoms with Crippen LogP contribution in [-0.2, 0) is 6.54 Å². The second kappa shape index (κ2) is 7.77. The second-order valence-electron chi connectivity index (χ2n) is 5.34. The molecule has 0 fully saturated rings. The molecule has 25 heavy (non-hydrogen) atoms. The number of hydrogen-bond acceptors (Lipinski definition) is 3. The number of aromatic nitrogens is 1. The SMILES string of the molecule is O=C(NCc1ccccc1F)c1ccc(Nc2cccc(Cl)c2)cn1. The zero-order chi connectivity index (χ0) is 17.6. The van der Waals surface area contributed by atoms with Gasteiger partial charge in [0.25, 0.3) is 5.91 Å². The Morgan fingerprint density at radius 1 is 1.04 bits per heavy atom. The van der Waals surface area contributed by atoms with Crippen LogP contribution < -0.4 is 10.6 Å². The van der Waals surface area contributed by atoms with E-state index in [1.807, 2.05) is 12.1 Å². The first-order valence-electron chi connectivity index (χ1n) is 7.62. The van der Waals surface area contributed by atoms with Gasteiger partial charge in [-0.15, -0.1) is 0 Å². The monoisotopic (exact) mass is 355 g/mol. The van der Waals surface area contributed by atoms with Crippen LogP contribution in [0.15, 0.2) is 66.9 Å². The number of hydrogen-bond donors (Lipinski definition) is 2. The minimum absolute atomic E-state index is 0.107. The Morgan fingerprint density at radius 3 is 2.60 bits per heavy atom. The number of amides is 1. The predicted molar refractivity (Wildman–Crippen MR) is 96.5 cm³/mol. The fourth-order valence-electron chi connectivity index (χ4n) is 2.24. The number of carbonyl (C=O) groups excluding carboxylic acids is 1. The zero-order valence-corrected chi connectivity index (χ0v) is 13.9. The third-order valence-electron chi connectivity index (χ3n) is 3.51. The number of halogens is 2. The Labute approximate surface area is 149 Å². The lowest BCUT2D eigenvalue weighted by Gasteiger charge is -2.08. The van der Waals surface area contributed by atoms with E-state index in [0.717, 1.165) is 11.4 Å². The first-order chi connectivity index (χ1) is 12.1. The summed E-state index contributed by atoms with van der Waals surface area (Å²) in [5.41, 5.74) is 2.24. The molecule has 0 aliphatic carbocycles. The molecule has 3 aromatic rings. The van der Waals surface area contributed by atoms with Crippen LogP contribution in [0.5, 0.6) is 0 Å². The fraction of sp³-hybridized carbons (Fsp3) is 0.0526. The molecule has 0 saturated heterocycles. The molecule has 0 spiro atoms. The van der Waals surface area contributed by atoms with Crippen LogP contribution in [0.3, 0.4) is 0 Å². The first kappa shape index (κ1) is 16.9. The summed E-state index contributed by atoms with van der Waals surface area (Å²) in [4.78, 5) is 16.2. The largest absolute Gasteiger partial charge is 0.354 e. The average molecular weight is 356 g/mol. The molecule has 4 nitrogen and oxygen atoms in total. The van der Waals surface area contributed by atoms with E-state index < -0.39 is 0 Å². The second-order valence-corrected chi connectivity index (χ2v) is 5.78. The van der Waals surface area contributed by atoms with Crippen molar-refractivity contribution in [2.24, 2.45) is 0 Å². The number of benzene rings is 2. The highest BCUT2D eigenvalue weighted by Gasteiger charge is 2.08. The lowest BCUT2D eigenvalue weighted by molar-refractivity contribution is 0.0945. The summed E-state index contributed by atoms with van der Waals surface area (Å²) in [6.07, 6.45) is 1.55. The summed E-state index contributed by atoms with van der Waals surface area (Å²) in [7, 11) is 0. The number of rotatable bonds is 5. The molecule has 0 bridgehead atoms. The molecule has 3 rings (SSSR count).